The maximum atomic E-state index is 11.8. The first-order chi connectivity index (χ1) is 9.13. The summed E-state index contributed by atoms with van der Waals surface area (Å²) in [6.07, 6.45) is 0. The molecule has 3 rings (SSSR count). The van der Waals surface area contributed by atoms with Gasteiger partial charge >= 0.3 is 5.63 Å². The lowest BCUT2D eigenvalue weighted by molar-refractivity contribution is 0.473. The highest BCUT2D eigenvalue weighted by molar-refractivity contribution is 5.80. The molecule has 1 heterocycles. The molecule has 5 nitrogen and oxygen atoms in total. The molecule has 19 heavy (non-hydrogen) atoms. The monoisotopic (exact) mass is 255 g/mol. The summed E-state index contributed by atoms with van der Waals surface area (Å²) in [6, 6.07) is 10.5. The van der Waals surface area contributed by atoms with Gasteiger partial charge in [0.05, 0.1) is 10.9 Å². The summed E-state index contributed by atoms with van der Waals surface area (Å²) in [5.74, 6) is 0.277. The molecule has 0 saturated heterocycles. The van der Waals surface area contributed by atoms with Gasteiger partial charge in [-0.15, -0.1) is 0 Å². The highest BCUT2D eigenvalue weighted by Gasteiger charge is 2.09. The minimum atomic E-state index is -0.566. The highest BCUT2D eigenvalue weighted by atomic mass is 16.4. The van der Waals surface area contributed by atoms with Crippen molar-refractivity contribution < 1.29 is 14.6 Å². The second-order valence-corrected chi connectivity index (χ2v) is 4.05. The molecular weight excluding hydrogens is 246 g/mol. The lowest BCUT2D eigenvalue weighted by atomic mass is 10.2. The number of hydrogen-bond acceptors (Lipinski definition) is 5. The average molecular weight is 255 g/mol. The summed E-state index contributed by atoms with van der Waals surface area (Å²) in [7, 11) is 0. The van der Waals surface area contributed by atoms with Crippen molar-refractivity contribution in [1.82, 2.24) is 4.98 Å². The molecule has 0 unspecified atom stereocenters. The van der Waals surface area contributed by atoms with Crippen LogP contribution in [0.25, 0.3) is 22.4 Å². The van der Waals surface area contributed by atoms with E-state index in [4.69, 9.17) is 4.42 Å². The van der Waals surface area contributed by atoms with Gasteiger partial charge in [0.15, 0.2) is 0 Å². The molecule has 0 spiro atoms. The number of rotatable bonds is 1. The number of fused-ring (bicyclic) bond motifs is 1. The SMILES string of the molecule is O=c1oc(-c2ccc(O)cc2)nc2ccc(O)cc12. The Morgan fingerprint density at radius 1 is 0.947 bits per heavy atom. The Bertz CT molecular complexity index is 806. The Morgan fingerprint density at radius 3 is 2.37 bits per heavy atom. The molecule has 0 radical (unpaired) electrons. The molecule has 0 aliphatic carbocycles. The minimum absolute atomic E-state index is 0.0148. The molecule has 0 aliphatic rings. The van der Waals surface area contributed by atoms with Crippen molar-refractivity contribution in [1.29, 1.82) is 0 Å². The molecular formula is C14H9NO4. The number of hydrogen-bond donors (Lipinski definition) is 2. The number of phenols is 2. The molecule has 0 fully saturated rings. The van der Waals surface area contributed by atoms with E-state index in [9.17, 15) is 15.0 Å². The van der Waals surface area contributed by atoms with Crippen LogP contribution in [0.3, 0.4) is 0 Å². The van der Waals surface area contributed by atoms with Crippen LogP contribution in [0, 0.1) is 0 Å². The number of nitrogens with zero attached hydrogens (tertiary/aromatic N) is 1. The maximum absolute atomic E-state index is 11.8. The molecule has 0 bridgehead atoms. The van der Waals surface area contributed by atoms with E-state index in [2.05, 4.69) is 4.98 Å². The van der Waals surface area contributed by atoms with Crippen molar-refractivity contribution in [3.05, 3.63) is 52.9 Å². The number of benzene rings is 2. The fourth-order valence-electron chi connectivity index (χ4n) is 1.79. The average Bonchev–Trinajstić information content (AvgIpc) is 2.40. The highest BCUT2D eigenvalue weighted by Crippen LogP contribution is 2.22. The number of aromatic hydroxyl groups is 2. The van der Waals surface area contributed by atoms with Crippen molar-refractivity contribution in [3.63, 3.8) is 0 Å². The van der Waals surface area contributed by atoms with Crippen molar-refractivity contribution in [2.24, 2.45) is 0 Å². The molecule has 2 N–H and O–H groups in total. The summed E-state index contributed by atoms with van der Waals surface area (Å²) in [6.45, 7) is 0. The van der Waals surface area contributed by atoms with Crippen molar-refractivity contribution >= 4 is 10.9 Å². The van der Waals surface area contributed by atoms with E-state index in [0.717, 1.165) is 0 Å². The van der Waals surface area contributed by atoms with E-state index < -0.39 is 5.63 Å². The Hall–Kier alpha value is -2.82. The van der Waals surface area contributed by atoms with Crippen LogP contribution < -0.4 is 5.63 Å². The Labute approximate surface area is 107 Å². The first kappa shape index (κ1) is 11.3. The fraction of sp³-hybridized carbons (Fsp3) is 0. The fourth-order valence-corrected chi connectivity index (χ4v) is 1.79. The number of aromatic nitrogens is 1. The first-order valence-corrected chi connectivity index (χ1v) is 5.57. The van der Waals surface area contributed by atoms with Crippen molar-refractivity contribution in [2.45, 2.75) is 0 Å². The molecule has 3 aromatic rings. The van der Waals surface area contributed by atoms with Gasteiger partial charge in [0.1, 0.15) is 11.5 Å². The van der Waals surface area contributed by atoms with Gasteiger partial charge in [-0.05, 0) is 42.5 Å². The third-order valence-corrected chi connectivity index (χ3v) is 2.73. The molecule has 0 amide bonds. The van der Waals surface area contributed by atoms with E-state index in [1.807, 2.05) is 0 Å². The standard InChI is InChI=1S/C14H9NO4/c16-9-3-1-8(2-4-9)13-15-12-6-5-10(17)7-11(12)14(18)19-13/h1-7,16-17H. The predicted octanol–water partition coefficient (Wildman–Crippen LogP) is 2.27. The van der Waals surface area contributed by atoms with Crippen LogP contribution in [0.1, 0.15) is 0 Å². The van der Waals surface area contributed by atoms with Crippen LogP contribution in [-0.4, -0.2) is 15.2 Å². The summed E-state index contributed by atoms with van der Waals surface area (Å²) in [4.78, 5) is 16.0. The summed E-state index contributed by atoms with van der Waals surface area (Å²) < 4.78 is 5.11. The van der Waals surface area contributed by atoms with Gasteiger partial charge in [0.2, 0.25) is 5.89 Å². The van der Waals surface area contributed by atoms with Gasteiger partial charge in [-0.3, -0.25) is 0 Å². The smallest absolute Gasteiger partial charge is 0.347 e. The van der Waals surface area contributed by atoms with Crippen molar-refractivity contribution in [3.8, 4) is 23.0 Å². The molecule has 0 atom stereocenters. The topological polar surface area (TPSA) is 83.6 Å². The molecule has 2 aromatic carbocycles. The zero-order chi connectivity index (χ0) is 13.4. The maximum Gasteiger partial charge on any atom is 0.347 e. The normalized spacial score (nSPS) is 10.7. The van der Waals surface area contributed by atoms with Crippen LogP contribution >= 0.6 is 0 Å². The summed E-state index contributed by atoms with van der Waals surface area (Å²) >= 11 is 0. The van der Waals surface area contributed by atoms with Gasteiger partial charge in [-0.2, -0.15) is 0 Å². The van der Waals surface area contributed by atoms with Gasteiger partial charge in [0.25, 0.3) is 0 Å². The van der Waals surface area contributed by atoms with Gasteiger partial charge in [-0.25, -0.2) is 9.78 Å². The third kappa shape index (κ3) is 2.01. The van der Waals surface area contributed by atoms with E-state index in [0.29, 0.717) is 11.1 Å². The summed E-state index contributed by atoms with van der Waals surface area (Å²) in [5.41, 5.74) is 0.464. The van der Waals surface area contributed by atoms with E-state index in [1.165, 1.54) is 24.3 Å². The van der Waals surface area contributed by atoms with E-state index in [1.54, 1.807) is 18.2 Å². The third-order valence-electron chi connectivity index (χ3n) is 2.73. The Balaban J connectivity index is 2.24. The molecule has 0 saturated carbocycles. The van der Waals surface area contributed by atoms with Crippen LogP contribution in [0.5, 0.6) is 11.5 Å². The molecule has 1 aromatic heterocycles. The quantitative estimate of drug-likeness (QED) is 0.696. The van der Waals surface area contributed by atoms with Gasteiger partial charge in [-0.1, -0.05) is 0 Å². The number of phenolic OH excluding ortho intramolecular Hbond substituents is 2. The zero-order valence-electron chi connectivity index (χ0n) is 9.70. The molecule has 0 aliphatic heterocycles. The summed E-state index contributed by atoms with van der Waals surface area (Å²) in [5, 5.41) is 18.8. The Kier molecular flexibility index (Phi) is 2.45. The van der Waals surface area contributed by atoms with E-state index in [-0.39, 0.29) is 22.8 Å². The van der Waals surface area contributed by atoms with Crippen LogP contribution in [-0.2, 0) is 0 Å². The Morgan fingerprint density at radius 2 is 1.63 bits per heavy atom. The van der Waals surface area contributed by atoms with Crippen LogP contribution in [0.15, 0.2) is 51.7 Å². The lowest BCUT2D eigenvalue weighted by Crippen LogP contribution is -2.02. The van der Waals surface area contributed by atoms with E-state index >= 15 is 0 Å². The van der Waals surface area contributed by atoms with Gasteiger partial charge < -0.3 is 14.6 Å². The van der Waals surface area contributed by atoms with Crippen LogP contribution in [0.4, 0.5) is 0 Å². The lowest BCUT2D eigenvalue weighted by Gasteiger charge is -2.02. The van der Waals surface area contributed by atoms with Gasteiger partial charge in [0, 0.05) is 5.56 Å². The zero-order valence-corrected chi connectivity index (χ0v) is 9.70. The van der Waals surface area contributed by atoms with Crippen LogP contribution in [0.2, 0.25) is 0 Å². The molecule has 5 heteroatoms. The second-order valence-electron chi connectivity index (χ2n) is 4.05. The largest absolute Gasteiger partial charge is 0.508 e. The first-order valence-electron chi connectivity index (χ1n) is 5.57. The second kappa shape index (κ2) is 4.13. The molecule has 94 valence electrons. The predicted molar refractivity (Wildman–Crippen MR) is 69.0 cm³/mol. The van der Waals surface area contributed by atoms with Crippen molar-refractivity contribution in [2.75, 3.05) is 0 Å². The minimum Gasteiger partial charge on any atom is -0.508 e.